The first-order chi connectivity index (χ1) is 17.0. The summed E-state index contributed by atoms with van der Waals surface area (Å²) in [5.74, 6) is -1.59. The molecule has 7 N–H and O–H groups in total. The van der Waals surface area contributed by atoms with E-state index in [9.17, 15) is 40.2 Å². The quantitative estimate of drug-likeness (QED) is 0.199. The van der Waals surface area contributed by atoms with Crippen molar-refractivity contribution >= 4 is 17.8 Å². The molecule has 13 heteroatoms. The number of aliphatic hydroxyl groups excluding tert-OH is 5. The van der Waals surface area contributed by atoms with Gasteiger partial charge in [-0.05, 0) is 37.6 Å². The molecule has 2 aliphatic heterocycles. The lowest BCUT2D eigenvalue weighted by Crippen LogP contribution is -2.67. The second kappa shape index (κ2) is 10.4. The molecule has 4 rings (SSSR count). The van der Waals surface area contributed by atoms with Crippen molar-refractivity contribution in [3.63, 3.8) is 0 Å². The average molecular weight is 511 g/mol. The van der Waals surface area contributed by atoms with Crippen molar-refractivity contribution in [3.05, 3.63) is 29.3 Å². The number of phenolic OH excluding ortho intramolecular Hbond substituents is 1. The number of ether oxygens (including phenoxy) is 4. The third-order valence-electron chi connectivity index (χ3n) is 6.49. The Hall–Kier alpha value is -2.62. The number of ketones is 1. The Labute approximate surface area is 205 Å². The molecule has 0 radical (unpaired) electrons. The monoisotopic (exact) mass is 511 g/mol. The smallest absolute Gasteiger partial charge is 0.247 e. The predicted octanol–water partition coefficient (Wildman–Crippen LogP) is -2.47. The number of carbonyl (C=O) groups is 2. The van der Waals surface area contributed by atoms with E-state index in [1.807, 2.05) is 0 Å². The summed E-state index contributed by atoms with van der Waals surface area (Å²) in [5, 5.41) is 63.9. The number of benzene rings is 1. The van der Waals surface area contributed by atoms with Crippen molar-refractivity contribution in [3.8, 4) is 11.5 Å². The van der Waals surface area contributed by atoms with Crippen molar-refractivity contribution in [2.24, 2.45) is 0 Å². The SMILES string of the molecule is CC(=O)[C@H]1O[C@@H](Oc2ccc(/C=C(\C)C(=O)N[C@H]3[C@@H](O)[C@@H]4OCO[C@@H]4C(O)[C@H]3O)cc2O)[C@@H](O)[C@@H]1O. The summed E-state index contributed by atoms with van der Waals surface area (Å²) in [6, 6.07) is 2.90. The molecule has 1 aromatic carbocycles. The highest BCUT2D eigenvalue weighted by molar-refractivity contribution is 5.97. The summed E-state index contributed by atoms with van der Waals surface area (Å²) in [5.41, 5.74) is 0.545. The second-order valence-corrected chi connectivity index (χ2v) is 9.04. The third-order valence-corrected chi connectivity index (χ3v) is 6.49. The van der Waals surface area contributed by atoms with Crippen LogP contribution in [0.15, 0.2) is 23.8 Å². The van der Waals surface area contributed by atoms with Gasteiger partial charge in [0.05, 0.1) is 6.04 Å². The van der Waals surface area contributed by atoms with Gasteiger partial charge in [0, 0.05) is 5.57 Å². The summed E-state index contributed by atoms with van der Waals surface area (Å²) in [6.07, 6.45) is -10.2. The lowest BCUT2D eigenvalue weighted by Gasteiger charge is -2.41. The van der Waals surface area contributed by atoms with Crippen molar-refractivity contribution in [2.45, 2.75) is 75.0 Å². The number of carbonyl (C=O) groups excluding carboxylic acids is 2. The zero-order chi connectivity index (χ0) is 26.3. The molecule has 198 valence electrons. The molecule has 1 aromatic rings. The average Bonchev–Trinajstić information content (AvgIpc) is 3.43. The van der Waals surface area contributed by atoms with Crippen molar-refractivity contribution in [1.29, 1.82) is 0 Å². The van der Waals surface area contributed by atoms with Gasteiger partial charge in [-0.3, -0.25) is 9.59 Å². The molecular formula is C23H29NO12. The number of fused-ring (bicyclic) bond motifs is 1. The fourth-order valence-corrected chi connectivity index (χ4v) is 4.46. The van der Waals surface area contributed by atoms with Crippen LogP contribution in [-0.4, -0.2) is 110 Å². The molecule has 1 unspecified atom stereocenters. The Bertz CT molecular complexity index is 1030. The van der Waals surface area contributed by atoms with Gasteiger partial charge in [-0.2, -0.15) is 0 Å². The maximum Gasteiger partial charge on any atom is 0.247 e. The predicted molar refractivity (Wildman–Crippen MR) is 118 cm³/mol. The third kappa shape index (κ3) is 4.96. The van der Waals surface area contributed by atoms with E-state index >= 15 is 0 Å². The second-order valence-electron chi connectivity index (χ2n) is 9.04. The molecule has 3 aliphatic rings. The van der Waals surface area contributed by atoms with Gasteiger partial charge in [-0.1, -0.05) is 6.07 Å². The number of rotatable bonds is 6. The molecule has 10 atom stereocenters. The Morgan fingerprint density at radius 2 is 1.64 bits per heavy atom. The molecule has 13 nitrogen and oxygen atoms in total. The summed E-state index contributed by atoms with van der Waals surface area (Å²) in [6.45, 7) is 2.52. The molecular weight excluding hydrogens is 482 g/mol. The maximum atomic E-state index is 12.7. The Morgan fingerprint density at radius 1 is 0.972 bits per heavy atom. The normalized spacial score (nSPS) is 38.5. The standard InChI is InChI=1S/C23H29NO12/c1-8(22(32)24-13-14(27)16(29)21-20(15(13)28)33-7-34-21)5-10-3-4-12(11(26)6-10)35-23-18(31)17(30)19(36-23)9(2)25/h3-6,13-21,23,26-31H,7H2,1-2H3,(H,24,32)/b8-5+/t13-,14+,15-,16?,17+,18+,19-,20+,21-,23-/m1/s1. The largest absolute Gasteiger partial charge is 0.504 e. The van der Waals surface area contributed by atoms with Crippen molar-refractivity contribution < 1.29 is 59.2 Å². The van der Waals surface area contributed by atoms with E-state index in [2.05, 4.69) is 5.32 Å². The van der Waals surface area contributed by atoms with Crippen molar-refractivity contribution in [1.82, 2.24) is 5.32 Å². The van der Waals surface area contributed by atoms with E-state index in [-0.39, 0.29) is 23.9 Å². The highest BCUT2D eigenvalue weighted by Crippen LogP contribution is 2.33. The number of Topliss-reactive ketones (excluding diaryl/α,β-unsaturated/α-hetero) is 1. The number of aliphatic hydroxyl groups is 5. The topological polar surface area (TPSA) is 204 Å². The minimum Gasteiger partial charge on any atom is -0.504 e. The molecule has 0 aromatic heterocycles. The highest BCUT2D eigenvalue weighted by atomic mass is 16.7. The number of hydrogen-bond donors (Lipinski definition) is 7. The zero-order valence-electron chi connectivity index (χ0n) is 19.4. The van der Waals surface area contributed by atoms with Crippen LogP contribution >= 0.6 is 0 Å². The summed E-state index contributed by atoms with van der Waals surface area (Å²) in [4.78, 5) is 24.2. The molecule has 0 spiro atoms. The van der Waals surface area contributed by atoms with E-state index in [4.69, 9.17) is 18.9 Å². The Kier molecular flexibility index (Phi) is 7.64. The molecule has 3 fully saturated rings. The van der Waals surface area contributed by atoms with E-state index in [0.717, 1.165) is 0 Å². The Balaban J connectivity index is 1.41. The summed E-state index contributed by atoms with van der Waals surface area (Å²) < 4.78 is 21.1. The van der Waals surface area contributed by atoms with Gasteiger partial charge in [0.2, 0.25) is 12.2 Å². The first-order valence-electron chi connectivity index (χ1n) is 11.3. The van der Waals surface area contributed by atoms with Gasteiger partial charge >= 0.3 is 0 Å². The van der Waals surface area contributed by atoms with Gasteiger partial charge in [-0.25, -0.2) is 0 Å². The molecule has 2 saturated heterocycles. The van der Waals surface area contributed by atoms with Gasteiger partial charge < -0.3 is 54.9 Å². The first-order valence-corrected chi connectivity index (χ1v) is 11.3. The fraction of sp³-hybridized carbons (Fsp3) is 0.565. The molecule has 1 aliphatic carbocycles. The number of aromatic hydroxyl groups is 1. The van der Waals surface area contributed by atoms with Gasteiger partial charge in [0.25, 0.3) is 0 Å². The minimum absolute atomic E-state index is 0.0921. The number of amides is 1. The summed E-state index contributed by atoms with van der Waals surface area (Å²) >= 11 is 0. The molecule has 36 heavy (non-hydrogen) atoms. The summed E-state index contributed by atoms with van der Waals surface area (Å²) in [7, 11) is 0. The van der Waals surface area contributed by atoms with Crippen LogP contribution in [0.4, 0.5) is 0 Å². The van der Waals surface area contributed by atoms with Crippen LogP contribution in [-0.2, 0) is 23.8 Å². The number of nitrogens with one attached hydrogen (secondary N) is 1. The van der Waals surface area contributed by atoms with Crippen LogP contribution in [0, 0.1) is 0 Å². The number of phenols is 1. The van der Waals surface area contributed by atoms with Gasteiger partial charge in [-0.15, -0.1) is 0 Å². The number of hydrogen-bond acceptors (Lipinski definition) is 12. The van der Waals surface area contributed by atoms with Crippen LogP contribution in [0.3, 0.4) is 0 Å². The first kappa shape index (κ1) is 26.4. The molecule has 0 bridgehead atoms. The zero-order valence-corrected chi connectivity index (χ0v) is 19.4. The molecule has 1 saturated carbocycles. The van der Waals surface area contributed by atoms with E-state index in [1.54, 1.807) is 0 Å². The van der Waals surface area contributed by atoms with Crippen LogP contribution in [0.1, 0.15) is 19.4 Å². The van der Waals surface area contributed by atoms with Gasteiger partial charge in [0.15, 0.2) is 17.3 Å². The lowest BCUT2D eigenvalue weighted by atomic mass is 9.83. The highest BCUT2D eigenvalue weighted by Gasteiger charge is 2.53. The van der Waals surface area contributed by atoms with Crippen molar-refractivity contribution in [2.75, 3.05) is 6.79 Å². The maximum absolute atomic E-state index is 12.7. The fourth-order valence-electron chi connectivity index (χ4n) is 4.46. The Morgan fingerprint density at radius 3 is 2.25 bits per heavy atom. The van der Waals surface area contributed by atoms with Crippen LogP contribution in [0.25, 0.3) is 6.08 Å². The van der Waals surface area contributed by atoms with Crippen LogP contribution in [0.5, 0.6) is 11.5 Å². The minimum atomic E-state index is -1.51. The van der Waals surface area contributed by atoms with Gasteiger partial charge in [0.1, 0.15) is 55.6 Å². The van der Waals surface area contributed by atoms with E-state index in [0.29, 0.717) is 5.56 Å². The van der Waals surface area contributed by atoms with E-state index < -0.39 is 72.9 Å². The molecule has 2 heterocycles. The lowest BCUT2D eigenvalue weighted by molar-refractivity contribution is -0.155. The molecule has 1 amide bonds. The van der Waals surface area contributed by atoms with Crippen LogP contribution in [0.2, 0.25) is 0 Å². The van der Waals surface area contributed by atoms with Crippen LogP contribution < -0.4 is 10.1 Å². The van der Waals surface area contributed by atoms with E-state index in [1.165, 1.54) is 38.1 Å².